The third-order valence-electron chi connectivity index (χ3n) is 2.15. The normalized spacial score (nSPS) is 11.3. The highest BCUT2D eigenvalue weighted by atomic mass is 15.1. The number of nitrogens with one attached hydrogen (secondary N) is 1. The summed E-state index contributed by atoms with van der Waals surface area (Å²) in [4.78, 5) is 6.24. The maximum absolute atomic E-state index is 5.78. The molecule has 1 rings (SSSR count). The summed E-state index contributed by atoms with van der Waals surface area (Å²) in [7, 11) is 4.00. The fourth-order valence-corrected chi connectivity index (χ4v) is 1.38. The van der Waals surface area contributed by atoms with E-state index in [-0.39, 0.29) is 0 Å². The van der Waals surface area contributed by atoms with E-state index in [1.807, 2.05) is 43.3 Å². The average Bonchev–Trinajstić information content (AvgIpc) is 2.27. The molecule has 0 heterocycles. The fraction of sp³-hybridized carbons (Fsp3) is 0.417. The van der Waals surface area contributed by atoms with Crippen molar-refractivity contribution in [2.24, 2.45) is 10.7 Å². The second-order valence-electron chi connectivity index (χ2n) is 3.80. The predicted molar refractivity (Wildman–Crippen MR) is 71.2 cm³/mol. The van der Waals surface area contributed by atoms with E-state index >= 15 is 0 Å². The van der Waals surface area contributed by atoms with E-state index in [9.17, 15) is 0 Å². The Morgan fingerprint density at radius 2 is 2.06 bits per heavy atom. The van der Waals surface area contributed by atoms with Gasteiger partial charge in [-0.05, 0) is 18.6 Å². The number of benzene rings is 1. The molecule has 4 nitrogen and oxygen atoms in total. The molecule has 0 saturated carbocycles. The van der Waals surface area contributed by atoms with Crippen LogP contribution in [0.4, 0.5) is 11.4 Å². The third kappa shape index (κ3) is 3.46. The van der Waals surface area contributed by atoms with Gasteiger partial charge in [-0.3, -0.25) is 4.99 Å². The highest BCUT2D eigenvalue weighted by molar-refractivity contribution is 5.95. The lowest BCUT2D eigenvalue weighted by molar-refractivity contribution is 0.929. The Bertz CT molecular complexity index is 358. The van der Waals surface area contributed by atoms with Crippen LogP contribution >= 0.6 is 0 Å². The Morgan fingerprint density at radius 3 is 2.69 bits per heavy atom. The molecule has 1 aromatic rings. The van der Waals surface area contributed by atoms with E-state index < -0.39 is 0 Å². The van der Waals surface area contributed by atoms with Crippen molar-refractivity contribution < 1.29 is 0 Å². The Labute approximate surface area is 97.2 Å². The van der Waals surface area contributed by atoms with Crippen LogP contribution in [0.2, 0.25) is 0 Å². The summed E-state index contributed by atoms with van der Waals surface area (Å²) < 4.78 is 0. The molecule has 0 radical (unpaired) electrons. The lowest BCUT2D eigenvalue weighted by atomic mass is 10.2. The van der Waals surface area contributed by atoms with Gasteiger partial charge in [0.2, 0.25) is 0 Å². The Balaban J connectivity index is 2.80. The Hall–Kier alpha value is -1.71. The van der Waals surface area contributed by atoms with Crippen molar-refractivity contribution >= 4 is 17.3 Å². The lowest BCUT2D eigenvalue weighted by Gasteiger charge is -2.17. The number of nitrogens with two attached hydrogens (primary N) is 1. The van der Waals surface area contributed by atoms with Crippen molar-refractivity contribution in [3.05, 3.63) is 24.3 Å². The quantitative estimate of drug-likeness (QED) is 0.602. The van der Waals surface area contributed by atoms with Gasteiger partial charge >= 0.3 is 0 Å². The van der Waals surface area contributed by atoms with Crippen LogP contribution in [0.3, 0.4) is 0 Å². The molecule has 1 aromatic carbocycles. The van der Waals surface area contributed by atoms with Gasteiger partial charge in [-0.25, -0.2) is 0 Å². The molecule has 88 valence electrons. The minimum absolute atomic E-state index is 0.469. The summed E-state index contributed by atoms with van der Waals surface area (Å²) in [5.41, 5.74) is 7.85. The van der Waals surface area contributed by atoms with Crippen molar-refractivity contribution in [1.29, 1.82) is 0 Å². The van der Waals surface area contributed by atoms with Crippen LogP contribution < -0.4 is 16.0 Å². The number of guanidine groups is 1. The van der Waals surface area contributed by atoms with Crippen molar-refractivity contribution in [2.45, 2.75) is 13.3 Å². The first-order valence-corrected chi connectivity index (χ1v) is 5.48. The predicted octanol–water partition coefficient (Wildman–Crippen LogP) is 1.89. The number of anilines is 2. The van der Waals surface area contributed by atoms with Crippen LogP contribution in [0, 0.1) is 0 Å². The molecule has 0 fully saturated rings. The summed E-state index contributed by atoms with van der Waals surface area (Å²) in [5.74, 6) is 0.469. The lowest BCUT2D eigenvalue weighted by Crippen LogP contribution is -2.24. The van der Waals surface area contributed by atoms with E-state index in [1.165, 1.54) is 0 Å². The molecule has 0 aliphatic heterocycles. The van der Waals surface area contributed by atoms with Crippen LogP contribution in [0.1, 0.15) is 13.3 Å². The van der Waals surface area contributed by atoms with Crippen molar-refractivity contribution in [3.8, 4) is 0 Å². The van der Waals surface area contributed by atoms with Gasteiger partial charge in [-0.2, -0.15) is 0 Å². The van der Waals surface area contributed by atoms with Gasteiger partial charge in [-0.1, -0.05) is 19.1 Å². The topological polar surface area (TPSA) is 53.6 Å². The number of nitrogens with zero attached hydrogens (tertiary/aromatic N) is 2. The minimum atomic E-state index is 0.469. The first-order valence-electron chi connectivity index (χ1n) is 5.48. The Kier molecular flexibility index (Phi) is 4.64. The maximum atomic E-state index is 5.78. The summed E-state index contributed by atoms with van der Waals surface area (Å²) in [6.07, 6.45) is 0.998. The van der Waals surface area contributed by atoms with Crippen LogP contribution in [0.15, 0.2) is 29.3 Å². The first kappa shape index (κ1) is 12.4. The molecular weight excluding hydrogens is 200 g/mol. The standard InChI is InChI=1S/C12H20N4/c1-4-9-14-12(13)15-10-7-5-6-8-11(10)16(2)3/h5-8H,4,9H2,1-3H3,(H3,13,14,15). The largest absolute Gasteiger partial charge is 0.376 e. The summed E-state index contributed by atoms with van der Waals surface area (Å²) >= 11 is 0. The highest BCUT2D eigenvalue weighted by Gasteiger charge is 2.03. The number of hydrogen-bond acceptors (Lipinski definition) is 2. The zero-order valence-electron chi connectivity index (χ0n) is 10.2. The van der Waals surface area contributed by atoms with E-state index in [4.69, 9.17) is 5.73 Å². The van der Waals surface area contributed by atoms with Gasteiger partial charge in [-0.15, -0.1) is 0 Å². The molecule has 4 heteroatoms. The monoisotopic (exact) mass is 220 g/mol. The van der Waals surface area contributed by atoms with Gasteiger partial charge in [0.15, 0.2) is 5.96 Å². The molecule has 0 aliphatic carbocycles. The summed E-state index contributed by atoms with van der Waals surface area (Å²) in [6, 6.07) is 8.00. The molecule has 0 unspecified atom stereocenters. The van der Waals surface area contributed by atoms with Crippen LogP contribution in [-0.2, 0) is 0 Å². The maximum Gasteiger partial charge on any atom is 0.193 e. The smallest absolute Gasteiger partial charge is 0.193 e. The molecule has 0 saturated heterocycles. The number of aliphatic imine (C=N–C) groups is 1. The second kappa shape index (κ2) is 6.00. The minimum Gasteiger partial charge on any atom is -0.376 e. The second-order valence-corrected chi connectivity index (χ2v) is 3.80. The van der Waals surface area contributed by atoms with Crippen molar-refractivity contribution in [2.75, 3.05) is 30.9 Å². The summed E-state index contributed by atoms with van der Waals surface area (Å²) in [5, 5.41) is 3.11. The summed E-state index contributed by atoms with van der Waals surface area (Å²) in [6.45, 7) is 2.83. The third-order valence-corrected chi connectivity index (χ3v) is 2.15. The van der Waals surface area contributed by atoms with Gasteiger partial charge in [0.1, 0.15) is 0 Å². The SMILES string of the molecule is CCCN=C(N)Nc1ccccc1N(C)C. The van der Waals surface area contributed by atoms with Crippen LogP contribution in [0.5, 0.6) is 0 Å². The molecule has 0 bridgehead atoms. The van der Waals surface area contributed by atoms with E-state index in [0.29, 0.717) is 5.96 Å². The molecule has 3 N–H and O–H groups in total. The zero-order valence-corrected chi connectivity index (χ0v) is 10.2. The molecule has 16 heavy (non-hydrogen) atoms. The van der Waals surface area contributed by atoms with Gasteiger partial charge in [0.25, 0.3) is 0 Å². The average molecular weight is 220 g/mol. The van der Waals surface area contributed by atoms with Crippen molar-refractivity contribution in [3.63, 3.8) is 0 Å². The molecule has 0 aliphatic rings. The van der Waals surface area contributed by atoms with E-state index in [1.54, 1.807) is 0 Å². The van der Waals surface area contributed by atoms with Gasteiger partial charge in [0.05, 0.1) is 11.4 Å². The van der Waals surface area contributed by atoms with Gasteiger partial charge < -0.3 is 16.0 Å². The number of para-hydroxylation sites is 2. The number of hydrogen-bond donors (Lipinski definition) is 2. The van der Waals surface area contributed by atoms with Crippen LogP contribution in [0.25, 0.3) is 0 Å². The fourth-order valence-electron chi connectivity index (χ4n) is 1.38. The molecule has 0 aromatic heterocycles. The number of rotatable bonds is 4. The zero-order chi connectivity index (χ0) is 12.0. The first-order chi connectivity index (χ1) is 7.65. The Morgan fingerprint density at radius 1 is 1.38 bits per heavy atom. The molecule has 0 amide bonds. The van der Waals surface area contributed by atoms with Crippen LogP contribution in [-0.4, -0.2) is 26.6 Å². The van der Waals surface area contributed by atoms with Gasteiger partial charge in [0, 0.05) is 20.6 Å². The van der Waals surface area contributed by atoms with Crippen molar-refractivity contribution in [1.82, 2.24) is 0 Å². The highest BCUT2D eigenvalue weighted by Crippen LogP contribution is 2.22. The molecule has 0 spiro atoms. The molecule has 0 atom stereocenters. The molecular formula is C12H20N4. The van der Waals surface area contributed by atoms with E-state index in [0.717, 1.165) is 24.3 Å². The van der Waals surface area contributed by atoms with E-state index in [2.05, 4.69) is 17.2 Å².